The van der Waals surface area contributed by atoms with E-state index < -0.39 is 10.8 Å². The van der Waals surface area contributed by atoms with Crippen molar-refractivity contribution in [3.05, 3.63) is 66.2 Å². The zero-order valence-electron chi connectivity index (χ0n) is 16.4. The van der Waals surface area contributed by atoms with Gasteiger partial charge >= 0.3 is 0 Å². The Morgan fingerprint density at radius 2 is 1.83 bits per heavy atom. The summed E-state index contributed by atoms with van der Waals surface area (Å²) in [6.07, 6.45) is 5.65. The first-order chi connectivity index (χ1) is 14.0. The predicted molar refractivity (Wildman–Crippen MR) is 113 cm³/mol. The van der Waals surface area contributed by atoms with Crippen molar-refractivity contribution in [2.45, 2.75) is 42.2 Å². The van der Waals surface area contributed by atoms with E-state index in [4.69, 9.17) is 0 Å². The van der Waals surface area contributed by atoms with Crippen molar-refractivity contribution in [1.29, 1.82) is 0 Å². The summed E-state index contributed by atoms with van der Waals surface area (Å²) in [6.45, 7) is 4.77. The summed E-state index contributed by atoms with van der Waals surface area (Å²) in [5.41, 5.74) is 3.66. The molecule has 2 heterocycles. The van der Waals surface area contributed by atoms with Crippen molar-refractivity contribution in [3.8, 4) is 11.1 Å². The zero-order valence-corrected chi connectivity index (χ0v) is 17.2. The zero-order chi connectivity index (χ0) is 20.2. The summed E-state index contributed by atoms with van der Waals surface area (Å²) in [7, 11) is -1.04. The molecule has 0 saturated heterocycles. The van der Waals surface area contributed by atoms with Gasteiger partial charge < -0.3 is 4.90 Å². The van der Waals surface area contributed by atoms with E-state index in [2.05, 4.69) is 20.9 Å². The number of anilines is 2. The van der Waals surface area contributed by atoms with Crippen LogP contribution in [-0.4, -0.2) is 26.0 Å². The Balaban J connectivity index is 1.52. The smallest absolute Gasteiger partial charge is 0.229 e. The number of nitrogens with zero attached hydrogens (tertiary/aromatic N) is 3. The molecule has 3 aromatic rings. The van der Waals surface area contributed by atoms with Crippen LogP contribution in [0.5, 0.6) is 0 Å². The second-order valence-electron chi connectivity index (χ2n) is 8.14. The SMILES string of the molecule is CC(C)S(=O)c1ccc2c(c1)N(c1ncc(-c3ccccc3F)cn1)CC21CC1. The van der Waals surface area contributed by atoms with Gasteiger partial charge in [-0.25, -0.2) is 14.4 Å². The molecule has 148 valence electrons. The number of rotatable bonds is 4. The summed E-state index contributed by atoms with van der Waals surface area (Å²) in [4.78, 5) is 12.1. The Morgan fingerprint density at radius 3 is 2.48 bits per heavy atom. The summed E-state index contributed by atoms with van der Waals surface area (Å²) in [5, 5.41) is 0.0640. The average molecular weight is 408 g/mol. The fraction of sp³-hybridized carbons (Fsp3) is 0.304. The largest absolute Gasteiger partial charge is 0.309 e. The molecular weight excluding hydrogens is 385 g/mol. The van der Waals surface area contributed by atoms with Crippen LogP contribution < -0.4 is 4.90 Å². The van der Waals surface area contributed by atoms with Crippen LogP contribution >= 0.6 is 0 Å². The molecule has 29 heavy (non-hydrogen) atoms. The summed E-state index contributed by atoms with van der Waals surface area (Å²) in [6, 6.07) is 12.8. The lowest BCUT2D eigenvalue weighted by atomic mass is 9.99. The van der Waals surface area contributed by atoms with E-state index in [1.807, 2.05) is 26.0 Å². The second-order valence-corrected chi connectivity index (χ2v) is 10.2. The number of benzene rings is 2. The van der Waals surface area contributed by atoms with Gasteiger partial charge in [0.15, 0.2) is 0 Å². The van der Waals surface area contributed by atoms with E-state index in [1.165, 1.54) is 11.6 Å². The first kappa shape index (κ1) is 18.4. The highest BCUT2D eigenvalue weighted by Crippen LogP contribution is 2.57. The Bertz CT molecular complexity index is 1110. The average Bonchev–Trinajstić information content (AvgIpc) is 3.44. The van der Waals surface area contributed by atoms with Crippen LogP contribution in [0.3, 0.4) is 0 Å². The van der Waals surface area contributed by atoms with Gasteiger partial charge in [0.25, 0.3) is 0 Å². The highest BCUT2D eigenvalue weighted by Gasteiger charge is 2.52. The van der Waals surface area contributed by atoms with E-state index in [-0.39, 0.29) is 16.5 Å². The van der Waals surface area contributed by atoms with Crippen LogP contribution in [0.4, 0.5) is 16.0 Å². The Kier molecular flexibility index (Phi) is 4.28. The fourth-order valence-electron chi connectivity index (χ4n) is 4.11. The van der Waals surface area contributed by atoms with Crippen LogP contribution in [0, 0.1) is 5.82 Å². The summed E-state index contributed by atoms with van der Waals surface area (Å²) >= 11 is 0. The number of hydrogen-bond acceptors (Lipinski definition) is 4. The van der Waals surface area contributed by atoms with Gasteiger partial charge in [-0.05, 0) is 36.6 Å². The monoisotopic (exact) mass is 407 g/mol. The fourth-order valence-corrected chi connectivity index (χ4v) is 5.08. The number of fused-ring (bicyclic) bond motifs is 2. The molecule has 1 atom stereocenters. The molecule has 1 aliphatic carbocycles. The van der Waals surface area contributed by atoms with Crippen LogP contribution in [0.1, 0.15) is 32.3 Å². The third-order valence-corrected chi connectivity index (χ3v) is 7.45. The Labute approximate surface area is 172 Å². The molecular formula is C23H22FN3OS. The lowest BCUT2D eigenvalue weighted by Gasteiger charge is -2.18. The standard InChI is InChI=1S/C23H22FN3OS/c1-15(2)29(28)17-7-8-19-21(11-17)27(14-23(19)9-10-23)22-25-12-16(13-26-22)18-5-3-4-6-20(18)24/h3-8,11-13,15H,9-10,14H2,1-2H3. The molecule has 1 saturated carbocycles. The second kappa shape index (κ2) is 6.73. The van der Waals surface area contributed by atoms with E-state index in [1.54, 1.807) is 30.6 Å². The molecule has 1 fully saturated rings. The lowest BCUT2D eigenvalue weighted by molar-refractivity contribution is 0.631. The Morgan fingerprint density at radius 1 is 1.10 bits per heavy atom. The van der Waals surface area contributed by atoms with Crippen molar-refractivity contribution >= 4 is 22.4 Å². The van der Waals surface area contributed by atoms with Gasteiger partial charge in [0.2, 0.25) is 5.95 Å². The molecule has 2 aliphatic rings. The van der Waals surface area contributed by atoms with E-state index in [0.29, 0.717) is 17.1 Å². The van der Waals surface area contributed by atoms with Crippen LogP contribution in [0.25, 0.3) is 11.1 Å². The molecule has 0 amide bonds. The number of aromatic nitrogens is 2. The first-order valence-corrected chi connectivity index (χ1v) is 11.1. The number of hydrogen-bond donors (Lipinski definition) is 0. The van der Waals surface area contributed by atoms with Crippen molar-refractivity contribution in [1.82, 2.24) is 9.97 Å². The van der Waals surface area contributed by atoms with Crippen molar-refractivity contribution in [3.63, 3.8) is 0 Å². The molecule has 0 radical (unpaired) electrons. The van der Waals surface area contributed by atoms with E-state index in [9.17, 15) is 8.60 Å². The van der Waals surface area contributed by atoms with Crippen molar-refractivity contribution < 1.29 is 8.60 Å². The van der Waals surface area contributed by atoms with Gasteiger partial charge in [0.1, 0.15) is 5.82 Å². The predicted octanol–water partition coefficient (Wildman–Crippen LogP) is 4.98. The molecule has 5 rings (SSSR count). The molecule has 0 bridgehead atoms. The summed E-state index contributed by atoms with van der Waals surface area (Å²) < 4.78 is 26.7. The molecule has 1 spiro atoms. The lowest BCUT2D eigenvalue weighted by Crippen LogP contribution is -2.21. The van der Waals surface area contributed by atoms with Gasteiger partial charge in [-0.15, -0.1) is 0 Å². The summed E-state index contributed by atoms with van der Waals surface area (Å²) in [5.74, 6) is 0.315. The molecule has 1 aliphatic heterocycles. The highest BCUT2D eigenvalue weighted by molar-refractivity contribution is 7.85. The minimum absolute atomic E-state index is 0.0640. The minimum Gasteiger partial charge on any atom is -0.309 e. The molecule has 0 N–H and O–H groups in total. The van der Waals surface area contributed by atoms with Crippen LogP contribution in [0.15, 0.2) is 59.8 Å². The molecule has 1 aromatic heterocycles. The van der Waals surface area contributed by atoms with E-state index in [0.717, 1.165) is 30.0 Å². The van der Waals surface area contributed by atoms with Gasteiger partial charge in [0, 0.05) is 51.3 Å². The third-order valence-electron chi connectivity index (χ3n) is 5.87. The quantitative estimate of drug-likeness (QED) is 0.612. The number of halogens is 1. The maximum absolute atomic E-state index is 14.1. The van der Waals surface area contributed by atoms with E-state index >= 15 is 0 Å². The maximum atomic E-state index is 14.1. The van der Waals surface area contributed by atoms with Crippen LogP contribution in [0.2, 0.25) is 0 Å². The topological polar surface area (TPSA) is 46.1 Å². The molecule has 4 nitrogen and oxygen atoms in total. The third kappa shape index (κ3) is 3.06. The highest BCUT2D eigenvalue weighted by atomic mass is 32.2. The van der Waals surface area contributed by atoms with Gasteiger partial charge in [-0.3, -0.25) is 4.21 Å². The van der Waals surface area contributed by atoms with Crippen LogP contribution in [-0.2, 0) is 16.2 Å². The van der Waals surface area contributed by atoms with Gasteiger partial charge in [-0.1, -0.05) is 38.1 Å². The van der Waals surface area contributed by atoms with Crippen molar-refractivity contribution in [2.75, 3.05) is 11.4 Å². The van der Waals surface area contributed by atoms with Gasteiger partial charge in [-0.2, -0.15) is 0 Å². The molecule has 6 heteroatoms. The normalized spacial score (nSPS) is 17.6. The molecule has 1 unspecified atom stereocenters. The minimum atomic E-state index is -1.04. The van der Waals surface area contributed by atoms with Gasteiger partial charge in [0.05, 0.1) is 10.8 Å². The molecule has 2 aromatic carbocycles. The first-order valence-electron chi connectivity index (χ1n) is 9.88. The maximum Gasteiger partial charge on any atom is 0.229 e. The van der Waals surface area contributed by atoms with Crippen molar-refractivity contribution in [2.24, 2.45) is 0 Å². The Hall–Kier alpha value is -2.60.